The zero-order valence-corrected chi connectivity index (χ0v) is 9.50. The van der Waals surface area contributed by atoms with E-state index in [0.717, 1.165) is 12.1 Å². The minimum atomic E-state index is -0.987. The van der Waals surface area contributed by atoms with Gasteiger partial charge in [-0.25, -0.2) is 13.8 Å². The molecule has 0 aliphatic heterocycles. The number of aryl methyl sites for hydroxylation is 1. The Bertz CT molecular complexity index is 543. The topological polar surface area (TPSA) is 35.0 Å². The predicted octanol–water partition coefficient (Wildman–Crippen LogP) is 3.51. The first-order valence-corrected chi connectivity index (χ1v) is 5.06. The van der Waals surface area contributed by atoms with E-state index in [1.807, 2.05) is 0 Å². The lowest BCUT2D eigenvalue weighted by Crippen LogP contribution is -1.93. The summed E-state index contributed by atoms with van der Waals surface area (Å²) in [6.45, 7) is 1.71. The highest BCUT2D eigenvalue weighted by Crippen LogP contribution is 2.22. The SMILES string of the molecule is Cc1cc(Oc2ccc(F)c(F)c2)nc(Cl)n1. The lowest BCUT2D eigenvalue weighted by Gasteiger charge is -2.05. The van der Waals surface area contributed by atoms with Crippen LogP contribution in [0.4, 0.5) is 8.78 Å². The third-order valence-corrected chi connectivity index (χ3v) is 2.09. The predicted molar refractivity (Wildman–Crippen MR) is 58.2 cm³/mol. The van der Waals surface area contributed by atoms with Gasteiger partial charge in [-0.05, 0) is 30.7 Å². The Morgan fingerprint density at radius 1 is 1.12 bits per heavy atom. The zero-order chi connectivity index (χ0) is 12.4. The van der Waals surface area contributed by atoms with E-state index in [-0.39, 0.29) is 16.9 Å². The average molecular weight is 257 g/mol. The summed E-state index contributed by atoms with van der Waals surface area (Å²) >= 11 is 5.64. The van der Waals surface area contributed by atoms with Gasteiger partial charge in [-0.3, -0.25) is 0 Å². The molecule has 3 nitrogen and oxygen atoms in total. The third kappa shape index (κ3) is 2.88. The van der Waals surface area contributed by atoms with E-state index in [9.17, 15) is 8.78 Å². The first-order valence-electron chi connectivity index (χ1n) is 4.69. The van der Waals surface area contributed by atoms with Gasteiger partial charge in [0.2, 0.25) is 11.2 Å². The smallest absolute Gasteiger partial charge is 0.225 e. The average Bonchev–Trinajstić information content (AvgIpc) is 2.22. The summed E-state index contributed by atoms with van der Waals surface area (Å²) in [5.74, 6) is -1.61. The first-order chi connectivity index (χ1) is 8.04. The first kappa shape index (κ1) is 11.7. The fraction of sp³-hybridized carbons (Fsp3) is 0.0909. The Morgan fingerprint density at radius 2 is 1.88 bits per heavy atom. The van der Waals surface area contributed by atoms with Crippen LogP contribution < -0.4 is 4.74 Å². The molecule has 0 saturated heterocycles. The third-order valence-electron chi connectivity index (χ3n) is 1.92. The van der Waals surface area contributed by atoms with Crippen molar-refractivity contribution in [3.05, 3.63) is 46.9 Å². The number of aromatic nitrogens is 2. The summed E-state index contributed by atoms with van der Waals surface area (Å²) in [6.07, 6.45) is 0. The minimum absolute atomic E-state index is 0.0302. The van der Waals surface area contributed by atoms with E-state index in [1.54, 1.807) is 6.92 Å². The molecular formula is C11H7ClF2N2O. The van der Waals surface area contributed by atoms with Crippen molar-refractivity contribution in [3.8, 4) is 11.6 Å². The maximum Gasteiger partial charge on any atom is 0.225 e. The molecule has 0 bridgehead atoms. The van der Waals surface area contributed by atoms with Crippen molar-refractivity contribution in [2.24, 2.45) is 0 Å². The van der Waals surface area contributed by atoms with Crippen molar-refractivity contribution in [2.75, 3.05) is 0 Å². The normalized spacial score (nSPS) is 10.4. The van der Waals surface area contributed by atoms with Crippen LogP contribution in [0.3, 0.4) is 0 Å². The monoisotopic (exact) mass is 256 g/mol. The summed E-state index contributed by atoms with van der Waals surface area (Å²) in [6, 6.07) is 4.73. The van der Waals surface area contributed by atoms with Crippen LogP contribution in [0, 0.1) is 18.6 Å². The second-order valence-corrected chi connectivity index (χ2v) is 3.63. The van der Waals surface area contributed by atoms with Crippen LogP contribution in [0.2, 0.25) is 5.28 Å². The molecule has 17 heavy (non-hydrogen) atoms. The van der Waals surface area contributed by atoms with Gasteiger partial charge in [-0.2, -0.15) is 4.98 Å². The van der Waals surface area contributed by atoms with Gasteiger partial charge in [0.25, 0.3) is 0 Å². The van der Waals surface area contributed by atoms with E-state index in [0.29, 0.717) is 5.69 Å². The summed E-state index contributed by atoms with van der Waals surface area (Å²) in [5, 5.41) is 0.0302. The molecule has 6 heteroatoms. The molecule has 0 aliphatic carbocycles. The molecule has 0 radical (unpaired) electrons. The number of hydrogen-bond donors (Lipinski definition) is 0. The second kappa shape index (κ2) is 4.63. The lowest BCUT2D eigenvalue weighted by atomic mass is 10.3. The molecule has 1 aromatic carbocycles. The molecule has 0 saturated carbocycles. The Labute approximate surface area is 101 Å². The molecule has 0 N–H and O–H groups in total. The molecule has 88 valence electrons. The van der Waals surface area contributed by atoms with E-state index in [2.05, 4.69) is 9.97 Å². The number of benzene rings is 1. The number of ether oxygens (including phenoxy) is 1. The largest absolute Gasteiger partial charge is 0.439 e. The summed E-state index contributed by atoms with van der Waals surface area (Å²) in [5.41, 5.74) is 0.614. The van der Waals surface area contributed by atoms with Crippen molar-refractivity contribution in [3.63, 3.8) is 0 Å². The van der Waals surface area contributed by atoms with Crippen LogP contribution in [0.5, 0.6) is 11.6 Å². The highest BCUT2D eigenvalue weighted by atomic mass is 35.5. The van der Waals surface area contributed by atoms with Crippen LogP contribution in [0.15, 0.2) is 24.3 Å². The van der Waals surface area contributed by atoms with Gasteiger partial charge in [-0.1, -0.05) is 0 Å². The van der Waals surface area contributed by atoms with Gasteiger partial charge in [-0.15, -0.1) is 0 Å². The second-order valence-electron chi connectivity index (χ2n) is 3.29. The van der Waals surface area contributed by atoms with E-state index >= 15 is 0 Å². The number of rotatable bonds is 2. The van der Waals surface area contributed by atoms with Crippen LogP contribution in [-0.2, 0) is 0 Å². The van der Waals surface area contributed by atoms with E-state index < -0.39 is 11.6 Å². The fourth-order valence-corrected chi connectivity index (χ4v) is 1.43. The lowest BCUT2D eigenvalue weighted by molar-refractivity contribution is 0.446. The quantitative estimate of drug-likeness (QED) is 0.771. The van der Waals surface area contributed by atoms with Crippen LogP contribution in [0.1, 0.15) is 5.69 Å². The van der Waals surface area contributed by atoms with Gasteiger partial charge in [0.05, 0.1) is 0 Å². The Hall–Kier alpha value is -1.75. The van der Waals surface area contributed by atoms with Gasteiger partial charge < -0.3 is 4.74 Å². The Kier molecular flexibility index (Phi) is 3.19. The van der Waals surface area contributed by atoms with Crippen molar-refractivity contribution < 1.29 is 13.5 Å². The molecule has 0 fully saturated rings. The van der Waals surface area contributed by atoms with Gasteiger partial charge in [0.15, 0.2) is 11.6 Å². The van der Waals surface area contributed by atoms with E-state index in [4.69, 9.17) is 16.3 Å². The number of nitrogens with zero attached hydrogens (tertiary/aromatic N) is 2. The van der Waals surface area contributed by atoms with Crippen molar-refractivity contribution in [2.45, 2.75) is 6.92 Å². The van der Waals surface area contributed by atoms with Crippen molar-refractivity contribution in [1.82, 2.24) is 9.97 Å². The molecule has 0 atom stereocenters. The number of halogens is 3. The number of hydrogen-bond acceptors (Lipinski definition) is 3. The van der Waals surface area contributed by atoms with Gasteiger partial charge in [0, 0.05) is 17.8 Å². The molecule has 0 spiro atoms. The van der Waals surface area contributed by atoms with Gasteiger partial charge in [0.1, 0.15) is 5.75 Å². The molecule has 1 aromatic heterocycles. The molecule has 2 aromatic rings. The molecule has 0 unspecified atom stereocenters. The Morgan fingerprint density at radius 3 is 2.53 bits per heavy atom. The molecule has 0 aliphatic rings. The maximum atomic E-state index is 12.9. The summed E-state index contributed by atoms with van der Waals surface area (Å²) in [4.78, 5) is 7.65. The molecule has 0 amide bonds. The summed E-state index contributed by atoms with van der Waals surface area (Å²) < 4.78 is 30.8. The minimum Gasteiger partial charge on any atom is -0.439 e. The van der Waals surface area contributed by atoms with Gasteiger partial charge >= 0.3 is 0 Å². The van der Waals surface area contributed by atoms with Crippen molar-refractivity contribution >= 4 is 11.6 Å². The Balaban J connectivity index is 2.28. The molecular weight excluding hydrogens is 250 g/mol. The fourth-order valence-electron chi connectivity index (χ4n) is 1.22. The zero-order valence-electron chi connectivity index (χ0n) is 8.75. The summed E-state index contributed by atoms with van der Waals surface area (Å²) in [7, 11) is 0. The highest BCUT2D eigenvalue weighted by Gasteiger charge is 2.06. The molecule has 1 heterocycles. The van der Waals surface area contributed by atoms with E-state index in [1.165, 1.54) is 12.1 Å². The van der Waals surface area contributed by atoms with Crippen LogP contribution in [0.25, 0.3) is 0 Å². The van der Waals surface area contributed by atoms with Crippen LogP contribution >= 0.6 is 11.6 Å². The highest BCUT2D eigenvalue weighted by molar-refractivity contribution is 6.28. The van der Waals surface area contributed by atoms with Crippen LogP contribution in [-0.4, -0.2) is 9.97 Å². The van der Waals surface area contributed by atoms with Crippen molar-refractivity contribution in [1.29, 1.82) is 0 Å². The molecule has 2 rings (SSSR count). The standard InChI is InChI=1S/C11H7ClF2N2O/c1-6-4-10(16-11(12)15-6)17-7-2-3-8(13)9(14)5-7/h2-5H,1H3. The maximum absolute atomic E-state index is 12.9.